The summed E-state index contributed by atoms with van der Waals surface area (Å²) in [4.78, 5) is 29.6. The molecule has 0 saturated carbocycles. The largest absolute Gasteiger partial charge is 0.378 e. The van der Waals surface area contributed by atoms with Gasteiger partial charge in [0.1, 0.15) is 5.82 Å². The van der Waals surface area contributed by atoms with Crippen LogP contribution in [0.4, 0.5) is 4.39 Å². The highest BCUT2D eigenvalue weighted by Crippen LogP contribution is 2.21. The minimum absolute atomic E-state index is 0.0184. The van der Waals surface area contributed by atoms with Gasteiger partial charge in [-0.05, 0) is 53.9 Å². The lowest BCUT2D eigenvalue weighted by Gasteiger charge is -2.26. The van der Waals surface area contributed by atoms with Crippen molar-refractivity contribution in [2.24, 2.45) is 0 Å². The number of amides is 1. The summed E-state index contributed by atoms with van der Waals surface area (Å²) in [5.41, 5.74) is 2.59. The van der Waals surface area contributed by atoms with Crippen LogP contribution in [0.15, 0.2) is 65.7 Å². The summed E-state index contributed by atoms with van der Waals surface area (Å²) >= 11 is 0. The van der Waals surface area contributed by atoms with Crippen LogP contribution in [-0.2, 0) is 4.74 Å². The monoisotopic (exact) mass is 418 g/mol. The maximum Gasteiger partial charge on any atom is 0.256 e. The number of H-pyrrole nitrogens is 1. The Hall–Kier alpha value is -3.78. The Labute approximate surface area is 176 Å². The zero-order valence-corrected chi connectivity index (χ0v) is 16.5. The number of ether oxygens (including phenoxy) is 1. The highest BCUT2D eigenvalue weighted by atomic mass is 19.1. The third kappa shape index (κ3) is 3.73. The summed E-state index contributed by atoms with van der Waals surface area (Å²) in [6, 6.07) is 13.2. The number of nitrogens with zero attached hydrogens (tertiary/aromatic N) is 3. The molecule has 1 fully saturated rings. The average molecular weight is 418 g/mol. The molecule has 2 aromatic heterocycles. The van der Waals surface area contributed by atoms with E-state index in [1.165, 1.54) is 12.1 Å². The highest BCUT2D eigenvalue weighted by molar-refractivity contribution is 5.94. The number of pyridine rings is 1. The molecule has 1 saturated heterocycles. The minimum atomic E-state index is -0.403. The molecule has 0 atom stereocenters. The van der Waals surface area contributed by atoms with Gasteiger partial charge in [0.15, 0.2) is 0 Å². The van der Waals surface area contributed by atoms with Crippen molar-refractivity contribution in [1.29, 1.82) is 0 Å². The van der Waals surface area contributed by atoms with E-state index in [0.29, 0.717) is 48.5 Å². The van der Waals surface area contributed by atoms with Gasteiger partial charge in [-0.1, -0.05) is 0 Å². The maximum atomic E-state index is 13.4. The van der Waals surface area contributed by atoms with Crippen LogP contribution in [0.5, 0.6) is 0 Å². The van der Waals surface area contributed by atoms with E-state index < -0.39 is 5.82 Å². The number of fused-ring (bicyclic) bond motifs is 1. The van der Waals surface area contributed by atoms with Crippen LogP contribution in [-0.4, -0.2) is 51.9 Å². The molecule has 156 valence electrons. The van der Waals surface area contributed by atoms with Crippen LogP contribution in [0.2, 0.25) is 0 Å². The Morgan fingerprint density at radius 2 is 1.84 bits per heavy atom. The minimum Gasteiger partial charge on any atom is -0.378 e. The van der Waals surface area contributed by atoms with E-state index in [1.54, 1.807) is 46.2 Å². The Kier molecular flexibility index (Phi) is 4.83. The number of hydrogen-bond donors (Lipinski definition) is 1. The van der Waals surface area contributed by atoms with Crippen molar-refractivity contribution in [3.8, 4) is 16.8 Å². The van der Waals surface area contributed by atoms with Crippen LogP contribution in [0, 0.1) is 5.82 Å². The van der Waals surface area contributed by atoms with Gasteiger partial charge in [0.2, 0.25) is 0 Å². The molecule has 3 heterocycles. The van der Waals surface area contributed by atoms with Crippen molar-refractivity contribution in [1.82, 2.24) is 19.7 Å². The normalized spacial score (nSPS) is 14.2. The van der Waals surface area contributed by atoms with E-state index in [1.807, 2.05) is 12.1 Å². The van der Waals surface area contributed by atoms with Crippen LogP contribution in [0.25, 0.3) is 27.7 Å². The Morgan fingerprint density at radius 3 is 2.61 bits per heavy atom. The summed E-state index contributed by atoms with van der Waals surface area (Å²) in [5, 5.41) is 5.09. The molecule has 2 aromatic carbocycles. The molecule has 1 aliphatic heterocycles. The SMILES string of the molecule is O=C(c1ccc(-n2cc(-c3cc4ccc(F)cc4[nH]c3=O)cn2)cc1)N1CCOCC1. The molecule has 0 spiro atoms. The summed E-state index contributed by atoms with van der Waals surface area (Å²) in [6.45, 7) is 2.30. The van der Waals surface area contributed by atoms with E-state index in [0.717, 1.165) is 11.1 Å². The maximum absolute atomic E-state index is 13.4. The number of rotatable bonds is 3. The van der Waals surface area contributed by atoms with E-state index >= 15 is 0 Å². The molecular weight excluding hydrogens is 399 g/mol. The molecule has 1 N–H and O–H groups in total. The predicted octanol–water partition coefficient (Wildman–Crippen LogP) is 2.99. The smallest absolute Gasteiger partial charge is 0.256 e. The lowest BCUT2D eigenvalue weighted by Crippen LogP contribution is -2.40. The average Bonchev–Trinajstić information content (AvgIpc) is 3.29. The van der Waals surface area contributed by atoms with E-state index in [2.05, 4.69) is 10.1 Å². The fraction of sp³-hybridized carbons (Fsp3) is 0.174. The van der Waals surface area contributed by atoms with E-state index in [4.69, 9.17) is 4.74 Å². The molecule has 1 amide bonds. The van der Waals surface area contributed by atoms with Crippen molar-refractivity contribution in [2.45, 2.75) is 0 Å². The first-order chi connectivity index (χ1) is 15.1. The molecular formula is C23H19FN4O3. The van der Waals surface area contributed by atoms with E-state index in [-0.39, 0.29) is 11.5 Å². The van der Waals surface area contributed by atoms with Gasteiger partial charge in [-0.15, -0.1) is 0 Å². The van der Waals surface area contributed by atoms with E-state index in [9.17, 15) is 14.0 Å². The molecule has 0 bridgehead atoms. The first-order valence-electron chi connectivity index (χ1n) is 9.93. The number of nitrogens with one attached hydrogen (secondary N) is 1. The third-order valence-electron chi connectivity index (χ3n) is 5.38. The molecule has 31 heavy (non-hydrogen) atoms. The first kappa shape index (κ1) is 19.2. The Balaban J connectivity index is 1.41. The number of morpholine rings is 1. The molecule has 1 aliphatic rings. The van der Waals surface area contributed by atoms with Gasteiger partial charge in [0.05, 0.1) is 36.2 Å². The molecule has 0 unspecified atom stereocenters. The van der Waals surface area contributed by atoms with Gasteiger partial charge in [0, 0.05) is 30.4 Å². The molecule has 0 aliphatic carbocycles. The van der Waals surface area contributed by atoms with Gasteiger partial charge in [-0.3, -0.25) is 9.59 Å². The molecule has 0 radical (unpaired) electrons. The summed E-state index contributed by atoms with van der Waals surface area (Å²) in [6.07, 6.45) is 3.35. The van der Waals surface area contributed by atoms with Crippen LogP contribution in [0.1, 0.15) is 10.4 Å². The number of carbonyl (C=O) groups excluding carboxylic acids is 1. The fourth-order valence-electron chi connectivity index (χ4n) is 3.70. The van der Waals surface area contributed by atoms with Gasteiger partial charge in [-0.25, -0.2) is 9.07 Å². The van der Waals surface area contributed by atoms with Crippen molar-refractivity contribution >= 4 is 16.8 Å². The second kappa shape index (κ2) is 7.81. The van der Waals surface area contributed by atoms with Gasteiger partial charge < -0.3 is 14.6 Å². The fourth-order valence-corrected chi connectivity index (χ4v) is 3.70. The molecule has 5 rings (SSSR count). The zero-order valence-electron chi connectivity index (χ0n) is 16.5. The van der Waals surface area contributed by atoms with Gasteiger partial charge in [0.25, 0.3) is 11.5 Å². The van der Waals surface area contributed by atoms with Gasteiger partial charge >= 0.3 is 0 Å². The van der Waals surface area contributed by atoms with Crippen molar-refractivity contribution in [3.05, 3.63) is 82.7 Å². The number of halogens is 1. The molecule has 4 aromatic rings. The lowest BCUT2D eigenvalue weighted by atomic mass is 10.1. The quantitative estimate of drug-likeness (QED) is 0.555. The van der Waals surface area contributed by atoms with Crippen molar-refractivity contribution in [2.75, 3.05) is 26.3 Å². The van der Waals surface area contributed by atoms with Crippen LogP contribution in [0.3, 0.4) is 0 Å². The van der Waals surface area contributed by atoms with Crippen LogP contribution < -0.4 is 5.56 Å². The second-order valence-electron chi connectivity index (χ2n) is 7.37. The summed E-state index contributed by atoms with van der Waals surface area (Å²) < 4.78 is 20.3. The topological polar surface area (TPSA) is 80.2 Å². The Morgan fingerprint density at radius 1 is 1.06 bits per heavy atom. The van der Waals surface area contributed by atoms with Crippen LogP contribution >= 0.6 is 0 Å². The summed E-state index contributed by atoms with van der Waals surface area (Å²) in [7, 11) is 0. The van der Waals surface area contributed by atoms with Crippen molar-refractivity contribution in [3.63, 3.8) is 0 Å². The number of aromatic amines is 1. The highest BCUT2D eigenvalue weighted by Gasteiger charge is 2.18. The molecule has 7 nitrogen and oxygen atoms in total. The molecule has 8 heteroatoms. The second-order valence-corrected chi connectivity index (χ2v) is 7.37. The zero-order chi connectivity index (χ0) is 21.4. The summed E-state index contributed by atoms with van der Waals surface area (Å²) in [5.74, 6) is -0.422. The lowest BCUT2D eigenvalue weighted by molar-refractivity contribution is 0.0303. The predicted molar refractivity (Wildman–Crippen MR) is 114 cm³/mol. The Bertz CT molecular complexity index is 1320. The number of benzene rings is 2. The standard InChI is InChI=1S/C23H19FN4O3/c24-18-4-1-16-11-20(22(29)26-21(16)12-18)17-13-25-28(14-17)19-5-2-15(3-6-19)23(30)27-7-9-31-10-8-27/h1-6,11-14H,7-10H2,(H,26,29). The van der Waals surface area contributed by atoms with Gasteiger partial charge in [-0.2, -0.15) is 5.10 Å². The number of carbonyl (C=O) groups is 1. The first-order valence-corrected chi connectivity index (χ1v) is 9.93. The van der Waals surface area contributed by atoms with Crippen molar-refractivity contribution < 1.29 is 13.9 Å². The third-order valence-corrected chi connectivity index (χ3v) is 5.38. The number of aromatic nitrogens is 3. The number of hydrogen-bond acceptors (Lipinski definition) is 4.